The molecule has 0 bridgehead atoms. The van der Waals surface area contributed by atoms with Crippen molar-refractivity contribution in [2.75, 3.05) is 7.11 Å². The van der Waals surface area contributed by atoms with E-state index in [0.29, 0.717) is 12.2 Å². The van der Waals surface area contributed by atoms with E-state index in [4.69, 9.17) is 14.2 Å². The second-order valence-corrected chi connectivity index (χ2v) is 8.27. The van der Waals surface area contributed by atoms with Crippen molar-refractivity contribution in [1.82, 2.24) is 5.32 Å². The van der Waals surface area contributed by atoms with Crippen molar-refractivity contribution in [3.63, 3.8) is 0 Å². The van der Waals surface area contributed by atoms with Crippen molar-refractivity contribution in [2.45, 2.75) is 44.9 Å². The highest BCUT2D eigenvalue weighted by Gasteiger charge is 2.35. The van der Waals surface area contributed by atoms with Gasteiger partial charge in [0.15, 0.2) is 6.10 Å². The number of hydrogen-bond acceptors (Lipinski definition) is 4. The average Bonchev–Trinajstić information content (AvgIpc) is 2.73. The molecule has 4 rings (SSSR count). The molecule has 1 heterocycles. The van der Waals surface area contributed by atoms with Crippen molar-refractivity contribution < 1.29 is 19.0 Å². The first kappa shape index (κ1) is 20.1. The Morgan fingerprint density at radius 2 is 1.90 bits per heavy atom. The first-order valence-electron chi connectivity index (χ1n) is 10.2. The Labute approximate surface area is 177 Å². The molecule has 2 atom stereocenters. The molecule has 0 saturated carbocycles. The summed E-state index contributed by atoms with van der Waals surface area (Å²) in [5.41, 5.74) is 0.526. The standard InChI is InChI=1S/C25H27NO4/c1-16(29-22-11-7-9-17-8-5-6-10-19(17)22)24(27)26-21-15-25(2,3)30-23-13-12-18(28-4)14-20(21)23/h5-14,16,21H,15H2,1-4H3,(H,26,27)/t16-,21+/m0/s1. The lowest BCUT2D eigenvalue weighted by molar-refractivity contribution is -0.128. The maximum Gasteiger partial charge on any atom is 0.261 e. The molecule has 1 amide bonds. The Morgan fingerprint density at radius 3 is 2.70 bits per heavy atom. The SMILES string of the molecule is COc1ccc2c(c1)[C@H](NC(=O)[C@H](C)Oc1cccc3ccccc13)CC(C)(C)O2. The van der Waals surface area contributed by atoms with E-state index in [-0.39, 0.29) is 17.6 Å². The molecule has 5 heteroatoms. The zero-order valence-electron chi connectivity index (χ0n) is 17.8. The van der Waals surface area contributed by atoms with Gasteiger partial charge >= 0.3 is 0 Å². The number of benzene rings is 3. The maximum atomic E-state index is 13.0. The second-order valence-electron chi connectivity index (χ2n) is 8.27. The van der Waals surface area contributed by atoms with Crippen molar-refractivity contribution in [3.8, 4) is 17.2 Å². The Kier molecular flexibility index (Phi) is 5.29. The fourth-order valence-corrected chi connectivity index (χ4v) is 3.92. The third kappa shape index (κ3) is 4.06. The van der Waals surface area contributed by atoms with Crippen LogP contribution in [-0.2, 0) is 4.79 Å². The van der Waals surface area contributed by atoms with E-state index in [1.54, 1.807) is 14.0 Å². The molecular weight excluding hydrogens is 378 g/mol. The van der Waals surface area contributed by atoms with Crippen molar-refractivity contribution >= 4 is 16.7 Å². The lowest BCUT2D eigenvalue weighted by Gasteiger charge is -2.38. The summed E-state index contributed by atoms with van der Waals surface area (Å²) >= 11 is 0. The van der Waals surface area contributed by atoms with Crippen LogP contribution in [0.3, 0.4) is 0 Å². The minimum Gasteiger partial charge on any atom is -0.497 e. The Hall–Kier alpha value is -3.21. The number of hydrogen-bond donors (Lipinski definition) is 1. The number of ether oxygens (including phenoxy) is 3. The summed E-state index contributed by atoms with van der Waals surface area (Å²) in [5, 5.41) is 5.22. The first-order chi connectivity index (χ1) is 14.4. The van der Waals surface area contributed by atoms with Crippen molar-refractivity contribution in [1.29, 1.82) is 0 Å². The second kappa shape index (κ2) is 7.90. The Morgan fingerprint density at radius 1 is 1.13 bits per heavy atom. The van der Waals surface area contributed by atoms with Crippen LogP contribution in [0.25, 0.3) is 10.8 Å². The third-order valence-corrected chi connectivity index (χ3v) is 5.41. The topological polar surface area (TPSA) is 56.8 Å². The van der Waals surface area contributed by atoms with Crippen LogP contribution in [0.15, 0.2) is 60.7 Å². The number of carbonyl (C=O) groups is 1. The Balaban J connectivity index is 1.54. The highest BCUT2D eigenvalue weighted by atomic mass is 16.5. The van der Waals surface area contributed by atoms with Gasteiger partial charge in [0.1, 0.15) is 22.8 Å². The smallest absolute Gasteiger partial charge is 0.261 e. The summed E-state index contributed by atoms with van der Waals surface area (Å²) in [7, 11) is 1.63. The normalized spacial score (nSPS) is 18.1. The highest BCUT2D eigenvalue weighted by Crippen LogP contribution is 2.41. The molecule has 0 saturated heterocycles. The number of rotatable bonds is 5. The van der Waals surface area contributed by atoms with Gasteiger partial charge in [-0.2, -0.15) is 0 Å². The van der Waals surface area contributed by atoms with E-state index in [1.807, 2.05) is 74.5 Å². The molecule has 3 aromatic carbocycles. The highest BCUT2D eigenvalue weighted by molar-refractivity contribution is 5.89. The van der Waals surface area contributed by atoms with E-state index >= 15 is 0 Å². The minimum atomic E-state index is -0.643. The van der Waals surface area contributed by atoms with Crippen LogP contribution in [0.4, 0.5) is 0 Å². The molecule has 0 aliphatic carbocycles. The van der Waals surface area contributed by atoms with Gasteiger partial charge in [-0.05, 0) is 50.4 Å². The van der Waals surface area contributed by atoms with Gasteiger partial charge in [-0.15, -0.1) is 0 Å². The van der Waals surface area contributed by atoms with Crippen LogP contribution in [0, 0.1) is 0 Å². The van der Waals surface area contributed by atoms with Crippen molar-refractivity contribution in [3.05, 3.63) is 66.2 Å². The fraction of sp³-hybridized carbons (Fsp3) is 0.320. The zero-order valence-corrected chi connectivity index (χ0v) is 17.8. The Bertz CT molecular complexity index is 1070. The van der Waals surface area contributed by atoms with E-state index in [9.17, 15) is 4.79 Å². The van der Waals surface area contributed by atoms with Crippen LogP contribution in [-0.4, -0.2) is 24.7 Å². The van der Waals surface area contributed by atoms with Crippen LogP contribution in [0.5, 0.6) is 17.2 Å². The van der Waals surface area contributed by atoms with Crippen LogP contribution in [0.1, 0.15) is 38.8 Å². The molecule has 3 aromatic rings. The van der Waals surface area contributed by atoms with Gasteiger partial charge in [0, 0.05) is 17.4 Å². The van der Waals surface area contributed by atoms with E-state index in [2.05, 4.69) is 5.32 Å². The summed E-state index contributed by atoms with van der Waals surface area (Å²) < 4.78 is 17.5. The maximum absolute atomic E-state index is 13.0. The summed E-state index contributed by atoms with van der Waals surface area (Å²) in [6.07, 6.45) is 0.00992. The number of methoxy groups -OCH3 is 1. The summed E-state index contributed by atoms with van der Waals surface area (Å²) in [4.78, 5) is 13.0. The van der Waals surface area contributed by atoms with Gasteiger partial charge in [0.05, 0.1) is 13.2 Å². The van der Waals surface area contributed by atoms with Gasteiger partial charge in [0.2, 0.25) is 0 Å². The first-order valence-corrected chi connectivity index (χ1v) is 10.2. The van der Waals surface area contributed by atoms with Gasteiger partial charge < -0.3 is 19.5 Å². The monoisotopic (exact) mass is 405 g/mol. The van der Waals surface area contributed by atoms with Crippen LogP contribution < -0.4 is 19.5 Å². The lowest BCUT2D eigenvalue weighted by atomic mass is 9.89. The van der Waals surface area contributed by atoms with E-state index < -0.39 is 6.10 Å². The largest absolute Gasteiger partial charge is 0.497 e. The molecule has 0 aromatic heterocycles. The van der Waals surface area contributed by atoms with Crippen molar-refractivity contribution in [2.24, 2.45) is 0 Å². The molecule has 0 unspecified atom stereocenters. The molecule has 0 radical (unpaired) electrons. The fourth-order valence-electron chi connectivity index (χ4n) is 3.92. The molecule has 1 N–H and O–H groups in total. The summed E-state index contributed by atoms with van der Waals surface area (Å²) in [6.45, 7) is 5.82. The number of nitrogens with one attached hydrogen (secondary N) is 1. The van der Waals surface area contributed by atoms with E-state index in [1.165, 1.54) is 0 Å². The summed E-state index contributed by atoms with van der Waals surface area (Å²) in [6, 6.07) is 19.3. The molecule has 1 aliphatic rings. The van der Waals surface area contributed by atoms with E-state index in [0.717, 1.165) is 27.8 Å². The molecule has 156 valence electrons. The minimum absolute atomic E-state index is 0.167. The quantitative estimate of drug-likeness (QED) is 0.647. The molecule has 30 heavy (non-hydrogen) atoms. The molecular formula is C25H27NO4. The number of amides is 1. The number of fused-ring (bicyclic) bond motifs is 2. The van der Waals surface area contributed by atoms with Gasteiger partial charge in [-0.25, -0.2) is 0 Å². The predicted molar refractivity (Wildman–Crippen MR) is 117 cm³/mol. The predicted octanol–water partition coefficient (Wildman–Crippen LogP) is 5.03. The molecule has 0 spiro atoms. The zero-order chi connectivity index (χ0) is 21.3. The van der Waals surface area contributed by atoms with Crippen LogP contribution in [0.2, 0.25) is 0 Å². The molecule has 5 nitrogen and oxygen atoms in total. The lowest BCUT2D eigenvalue weighted by Crippen LogP contribution is -2.44. The van der Waals surface area contributed by atoms with Crippen LogP contribution >= 0.6 is 0 Å². The number of carbonyl (C=O) groups excluding carboxylic acids is 1. The molecule has 0 fully saturated rings. The van der Waals surface area contributed by atoms with Gasteiger partial charge in [-0.3, -0.25) is 4.79 Å². The molecule has 1 aliphatic heterocycles. The third-order valence-electron chi connectivity index (χ3n) is 5.41. The van der Waals surface area contributed by atoms with Gasteiger partial charge in [0.25, 0.3) is 5.91 Å². The average molecular weight is 405 g/mol. The van der Waals surface area contributed by atoms with Gasteiger partial charge in [-0.1, -0.05) is 36.4 Å². The summed E-state index contributed by atoms with van der Waals surface area (Å²) in [5.74, 6) is 2.03.